The van der Waals surface area contributed by atoms with E-state index in [1.54, 1.807) is 0 Å². The summed E-state index contributed by atoms with van der Waals surface area (Å²) < 4.78 is 0. The van der Waals surface area contributed by atoms with Crippen molar-refractivity contribution in [3.8, 4) is 11.8 Å². The van der Waals surface area contributed by atoms with Crippen molar-refractivity contribution in [3.05, 3.63) is 35.4 Å². The number of nitrogens with two attached hydrogens (primary N) is 1. The molecule has 0 saturated heterocycles. The van der Waals surface area contributed by atoms with Gasteiger partial charge < -0.3 is 10.8 Å². The first kappa shape index (κ1) is 11.3. The molecule has 0 bridgehead atoms. The Morgan fingerprint density at radius 3 is 2.53 bits per heavy atom. The minimum Gasteiger partial charge on any atom is -0.481 e. The zero-order chi connectivity index (χ0) is 11.1. The van der Waals surface area contributed by atoms with E-state index in [9.17, 15) is 4.79 Å². The second kappa shape index (κ2) is 5.84. The lowest BCUT2D eigenvalue weighted by molar-refractivity contribution is -0.136. The van der Waals surface area contributed by atoms with Crippen LogP contribution in [0.4, 0.5) is 0 Å². The van der Waals surface area contributed by atoms with Crippen molar-refractivity contribution in [2.75, 3.05) is 6.54 Å². The third-order valence-electron chi connectivity index (χ3n) is 1.92. The van der Waals surface area contributed by atoms with Gasteiger partial charge in [-0.05, 0) is 24.1 Å². The van der Waals surface area contributed by atoms with Crippen molar-refractivity contribution in [3.63, 3.8) is 0 Å². The fraction of sp³-hybridized carbons (Fsp3) is 0.250. The molecule has 3 nitrogen and oxygen atoms in total. The number of carbonyl (C=O) groups is 1. The lowest BCUT2D eigenvalue weighted by Gasteiger charge is -1.98. The van der Waals surface area contributed by atoms with Gasteiger partial charge >= 0.3 is 5.97 Å². The largest absolute Gasteiger partial charge is 0.481 e. The quantitative estimate of drug-likeness (QED) is 0.721. The second-order valence-corrected chi connectivity index (χ2v) is 3.10. The molecule has 0 amide bonds. The average Bonchev–Trinajstić information content (AvgIpc) is 2.25. The van der Waals surface area contributed by atoms with Gasteiger partial charge in [0.05, 0.1) is 6.54 Å². The summed E-state index contributed by atoms with van der Waals surface area (Å²) in [5.41, 5.74) is 7.16. The number of carboxylic acids is 1. The summed E-state index contributed by atoms with van der Waals surface area (Å²) in [6.45, 7) is 0.348. The number of rotatable bonds is 3. The van der Waals surface area contributed by atoms with Gasteiger partial charge in [0.15, 0.2) is 0 Å². The number of aryl methyl sites for hydroxylation is 1. The number of benzene rings is 1. The second-order valence-electron chi connectivity index (χ2n) is 3.10. The number of hydrogen-bond donors (Lipinski definition) is 2. The molecule has 0 unspecified atom stereocenters. The third kappa shape index (κ3) is 4.30. The Bertz CT molecular complexity index is 384. The van der Waals surface area contributed by atoms with Gasteiger partial charge in [-0.15, -0.1) is 0 Å². The average molecular weight is 203 g/mol. The van der Waals surface area contributed by atoms with Gasteiger partial charge in [-0.25, -0.2) is 0 Å². The molecule has 0 aliphatic carbocycles. The molecule has 0 heterocycles. The lowest BCUT2D eigenvalue weighted by Crippen LogP contribution is -1.97. The van der Waals surface area contributed by atoms with E-state index in [4.69, 9.17) is 10.8 Å². The highest BCUT2D eigenvalue weighted by atomic mass is 16.4. The van der Waals surface area contributed by atoms with Crippen molar-refractivity contribution in [1.29, 1.82) is 0 Å². The monoisotopic (exact) mass is 203 g/mol. The maximum atomic E-state index is 10.3. The van der Waals surface area contributed by atoms with E-state index >= 15 is 0 Å². The topological polar surface area (TPSA) is 63.3 Å². The fourth-order valence-corrected chi connectivity index (χ4v) is 1.16. The van der Waals surface area contributed by atoms with Gasteiger partial charge in [0, 0.05) is 12.0 Å². The molecule has 0 saturated carbocycles. The highest BCUT2D eigenvalue weighted by Crippen LogP contribution is 2.05. The first-order valence-corrected chi connectivity index (χ1v) is 4.72. The molecule has 1 rings (SSSR count). The molecular weight excluding hydrogens is 190 g/mol. The maximum absolute atomic E-state index is 10.3. The van der Waals surface area contributed by atoms with Crippen LogP contribution in [0, 0.1) is 11.8 Å². The SMILES string of the molecule is NCC#Cc1ccc(CCC(=O)O)cc1. The van der Waals surface area contributed by atoms with Gasteiger partial charge in [0.25, 0.3) is 0 Å². The standard InChI is InChI=1S/C12H13NO2/c13-9-1-2-10-3-5-11(6-4-10)7-8-12(14)15/h3-6H,7-9,13H2,(H,14,15). The first-order chi connectivity index (χ1) is 7.22. The Labute approximate surface area is 88.9 Å². The van der Waals surface area contributed by atoms with E-state index in [1.165, 1.54) is 0 Å². The van der Waals surface area contributed by atoms with Gasteiger partial charge in [-0.2, -0.15) is 0 Å². The minimum atomic E-state index is -0.776. The minimum absolute atomic E-state index is 0.161. The van der Waals surface area contributed by atoms with Crippen LogP contribution in [0.2, 0.25) is 0 Å². The molecule has 0 spiro atoms. The Morgan fingerprint density at radius 2 is 2.00 bits per heavy atom. The summed E-state index contributed by atoms with van der Waals surface area (Å²) in [5, 5.41) is 8.51. The summed E-state index contributed by atoms with van der Waals surface area (Å²) in [7, 11) is 0. The molecule has 0 aliphatic heterocycles. The van der Waals surface area contributed by atoms with Crippen molar-refractivity contribution >= 4 is 5.97 Å². The Kier molecular flexibility index (Phi) is 4.39. The van der Waals surface area contributed by atoms with E-state index in [0.29, 0.717) is 13.0 Å². The molecule has 0 fully saturated rings. The van der Waals surface area contributed by atoms with Crippen LogP contribution < -0.4 is 5.73 Å². The molecule has 0 aliphatic rings. The molecule has 15 heavy (non-hydrogen) atoms. The van der Waals surface area contributed by atoms with Gasteiger partial charge in [-0.1, -0.05) is 24.0 Å². The molecule has 0 aromatic heterocycles. The van der Waals surface area contributed by atoms with Gasteiger partial charge in [-0.3, -0.25) is 4.79 Å². The molecule has 1 aromatic rings. The normalized spacial score (nSPS) is 9.13. The van der Waals surface area contributed by atoms with E-state index in [0.717, 1.165) is 11.1 Å². The predicted molar refractivity (Wildman–Crippen MR) is 58.3 cm³/mol. The van der Waals surface area contributed by atoms with E-state index in [-0.39, 0.29) is 6.42 Å². The maximum Gasteiger partial charge on any atom is 0.303 e. The zero-order valence-corrected chi connectivity index (χ0v) is 8.36. The van der Waals surface area contributed by atoms with Crippen LogP contribution in [0.5, 0.6) is 0 Å². The van der Waals surface area contributed by atoms with Crippen molar-refractivity contribution < 1.29 is 9.90 Å². The molecule has 0 radical (unpaired) electrons. The Balaban J connectivity index is 2.60. The van der Waals surface area contributed by atoms with Crippen LogP contribution in [-0.4, -0.2) is 17.6 Å². The molecule has 1 aromatic carbocycles. The summed E-state index contributed by atoms with van der Waals surface area (Å²) in [5.74, 6) is 4.89. The number of aliphatic carboxylic acids is 1. The Hall–Kier alpha value is -1.79. The van der Waals surface area contributed by atoms with Crippen molar-refractivity contribution in [2.24, 2.45) is 5.73 Å². The van der Waals surface area contributed by atoms with Crippen LogP contribution in [0.3, 0.4) is 0 Å². The molecule has 3 N–H and O–H groups in total. The lowest BCUT2D eigenvalue weighted by atomic mass is 10.1. The summed E-state index contributed by atoms with van der Waals surface area (Å²) in [4.78, 5) is 10.3. The summed E-state index contributed by atoms with van der Waals surface area (Å²) in [6.07, 6.45) is 0.716. The molecule has 3 heteroatoms. The van der Waals surface area contributed by atoms with Gasteiger partial charge in [0.2, 0.25) is 0 Å². The van der Waals surface area contributed by atoms with Crippen LogP contribution >= 0.6 is 0 Å². The predicted octanol–water partition coefficient (Wildman–Crippen LogP) is 1.01. The van der Waals surface area contributed by atoms with Crippen LogP contribution in [-0.2, 0) is 11.2 Å². The highest BCUT2D eigenvalue weighted by molar-refractivity contribution is 5.67. The van der Waals surface area contributed by atoms with Gasteiger partial charge in [0.1, 0.15) is 0 Å². The first-order valence-electron chi connectivity index (χ1n) is 4.72. The van der Waals surface area contributed by atoms with E-state index in [2.05, 4.69) is 11.8 Å². The third-order valence-corrected chi connectivity index (χ3v) is 1.92. The molecule has 78 valence electrons. The highest BCUT2D eigenvalue weighted by Gasteiger charge is 1.98. The van der Waals surface area contributed by atoms with Crippen LogP contribution in [0.1, 0.15) is 17.5 Å². The van der Waals surface area contributed by atoms with Crippen molar-refractivity contribution in [1.82, 2.24) is 0 Å². The van der Waals surface area contributed by atoms with Crippen LogP contribution in [0.25, 0.3) is 0 Å². The molecular formula is C12H13NO2. The number of carboxylic acid groups (broad SMARTS) is 1. The summed E-state index contributed by atoms with van der Waals surface area (Å²) >= 11 is 0. The zero-order valence-electron chi connectivity index (χ0n) is 8.36. The van der Waals surface area contributed by atoms with E-state index in [1.807, 2.05) is 24.3 Å². The summed E-state index contributed by atoms with van der Waals surface area (Å²) in [6, 6.07) is 7.53. The van der Waals surface area contributed by atoms with E-state index < -0.39 is 5.97 Å². The smallest absolute Gasteiger partial charge is 0.303 e. The Morgan fingerprint density at radius 1 is 1.33 bits per heavy atom. The number of hydrogen-bond acceptors (Lipinski definition) is 2. The molecule has 0 atom stereocenters. The van der Waals surface area contributed by atoms with Crippen molar-refractivity contribution in [2.45, 2.75) is 12.8 Å². The fourth-order valence-electron chi connectivity index (χ4n) is 1.16. The van der Waals surface area contributed by atoms with Crippen LogP contribution in [0.15, 0.2) is 24.3 Å².